The molecule has 1 saturated carbocycles. The first-order chi connectivity index (χ1) is 59.1. The lowest BCUT2D eigenvalue weighted by atomic mass is 9.78. The zero-order valence-corrected chi connectivity index (χ0v) is 72.6. The first-order valence-corrected chi connectivity index (χ1v) is 43.8. The van der Waals surface area contributed by atoms with Crippen molar-refractivity contribution >= 4 is 86.9 Å². The molecule has 5 aliphatic heterocycles. The minimum Gasteiger partial charge on any atom is -0.460 e. The van der Waals surface area contributed by atoms with Crippen molar-refractivity contribution in [1.82, 2.24) is 69.9 Å². The molecular weight excluding hydrogens is 1580 g/mol. The highest BCUT2D eigenvalue weighted by Crippen LogP contribution is 2.39. The number of aliphatic hydroxyl groups is 3. The molecule has 0 aromatic carbocycles. The summed E-state index contributed by atoms with van der Waals surface area (Å²) < 4.78 is 38.1. The van der Waals surface area contributed by atoms with E-state index in [1.54, 1.807) is 51.4 Å². The van der Waals surface area contributed by atoms with Gasteiger partial charge in [0.25, 0.3) is 11.7 Å². The number of unbranched alkanes of at least 4 members (excludes halogenated alkanes) is 1. The number of cyclic esters (lactones) is 1. The van der Waals surface area contributed by atoms with E-state index in [4.69, 9.17) is 39.3 Å². The molecule has 6 aliphatic rings. The molecule has 5 aromatic heterocycles. The lowest BCUT2D eigenvalue weighted by Crippen LogP contribution is -2.61. The van der Waals surface area contributed by atoms with E-state index >= 15 is 0 Å². The molecule has 2 bridgehead atoms. The van der Waals surface area contributed by atoms with Gasteiger partial charge in [0, 0.05) is 184 Å². The van der Waals surface area contributed by atoms with Crippen molar-refractivity contribution < 1.29 is 86.9 Å². The molecule has 8 N–H and O–H groups in total. The molecule has 0 radical (unpaired) electrons. The van der Waals surface area contributed by atoms with Gasteiger partial charge in [-0.3, -0.25) is 38.5 Å². The second-order valence-corrected chi connectivity index (χ2v) is 34.2. The maximum atomic E-state index is 14.8. The van der Waals surface area contributed by atoms with E-state index in [1.807, 2.05) is 84.0 Å². The van der Waals surface area contributed by atoms with Crippen molar-refractivity contribution in [2.45, 2.75) is 225 Å². The summed E-state index contributed by atoms with van der Waals surface area (Å²) in [5, 5.41) is 46.9. The predicted molar refractivity (Wildman–Crippen MR) is 457 cm³/mol. The van der Waals surface area contributed by atoms with E-state index in [2.05, 4.69) is 45.4 Å². The number of aliphatic hydroxyl groups excluding tert-OH is 2. The minimum absolute atomic E-state index is 0.00698. The van der Waals surface area contributed by atoms with Crippen LogP contribution in [-0.4, -0.2) is 282 Å². The number of nitrogens with zero attached hydrogens (tertiary/aromatic N) is 12. The number of methoxy groups -OCH3 is 2. The fourth-order valence-corrected chi connectivity index (χ4v) is 17.5. The van der Waals surface area contributed by atoms with E-state index in [-0.39, 0.29) is 99.1 Å². The highest BCUT2D eigenvalue weighted by Gasteiger charge is 2.53. The fourth-order valence-electron chi connectivity index (χ4n) is 17.5. The van der Waals surface area contributed by atoms with E-state index in [0.29, 0.717) is 183 Å². The molecule has 15 atom stereocenters. The number of H-pyrrole nitrogens is 1. The zero-order chi connectivity index (χ0) is 88.0. The number of Topliss-reactive ketones (excluding diaryl/α,β-unsaturated/α-hetero) is 3. The number of nitrogen functional groups attached to an aromatic ring is 1. The number of fused-ring (bicyclic) bond motifs is 5. The number of carbonyl (C=O) groups is 9. The standard InChI is InChI=1S/C89H126N16O18/c1-55-17-11-10-12-18-56(2)70(118-8)48-66-22-20-61(7)89(117,123-66)81(113)85(114)104-30-15-13-19-67(104)86(115)121-71(49-68(106)57(3)44-60(6)79(111)80(112)78(110)59(5)43-55)58(4)45-62-21-23-69(72(46-62)119-9)122-88(116)96-52-63-50-94-87(95-51-63)103-38-36-102(37-39-103)75(109)27-41-120-42-40-100-32-34-101(35-33-100)74(108)25-24-73(107)91-28-14-16-31-105-84-76(82(90)97-54-98-84)77(99-105)65-47-64-26-29-92-83(64)93-53-65/h10-12,17-18,26,29,44,47,50-51,53-55,57-59,61-62,66-67,69-72,79-80,111-112,117H,13-16,19-25,27-28,30-43,45-46,48-49,52H2,1-9H3,(H,91,107)(H,92,93)(H,96,116)(H2,90,97,98)/b12-10+,17-11+,56-18+,60-44+/t55-,57-,58-,59-,61-,62+,66+,67+,69-,70+,71+,72-,79-,80+,89-/m1/s1. The van der Waals surface area contributed by atoms with Crippen LogP contribution in [0.25, 0.3) is 33.3 Å². The molecule has 5 aromatic rings. The Bertz CT molecular complexity index is 4570. The summed E-state index contributed by atoms with van der Waals surface area (Å²) in [6, 6.07) is 2.70. The number of hydrogen-bond donors (Lipinski definition) is 7. The molecule has 34 nitrogen and oxygen atoms in total. The number of aromatic amines is 1. The first-order valence-electron chi connectivity index (χ1n) is 43.8. The summed E-state index contributed by atoms with van der Waals surface area (Å²) in [5.74, 6) is -8.82. The van der Waals surface area contributed by atoms with Gasteiger partial charge in [-0.25, -0.2) is 39.2 Å². The third kappa shape index (κ3) is 25.1. The quantitative estimate of drug-likeness (QED) is 0.0140. The van der Waals surface area contributed by atoms with Crippen LogP contribution < -0.4 is 21.3 Å². The molecule has 670 valence electrons. The van der Waals surface area contributed by atoms with Gasteiger partial charge >= 0.3 is 12.1 Å². The van der Waals surface area contributed by atoms with Crippen LogP contribution in [0.3, 0.4) is 0 Å². The molecule has 10 heterocycles. The summed E-state index contributed by atoms with van der Waals surface area (Å²) in [6.07, 6.45) is 17.8. The van der Waals surface area contributed by atoms with Gasteiger partial charge in [-0.05, 0) is 132 Å². The number of esters is 1. The number of carbonyl (C=O) groups excluding carboxylic acids is 9. The molecule has 123 heavy (non-hydrogen) atoms. The maximum absolute atomic E-state index is 14.8. The van der Waals surface area contributed by atoms with Gasteiger partial charge in [-0.1, -0.05) is 71.1 Å². The number of amides is 5. The molecule has 34 heteroatoms. The Morgan fingerprint density at radius 1 is 0.756 bits per heavy atom. The maximum Gasteiger partial charge on any atom is 0.407 e. The molecule has 0 unspecified atom stereocenters. The average Bonchev–Trinajstić information content (AvgIpc) is 1.75. The van der Waals surface area contributed by atoms with Gasteiger partial charge in [0.1, 0.15) is 59.7 Å². The Balaban J connectivity index is 0.585. The van der Waals surface area contributed by atoms with Gasteiger partial charge in [0.2, 0.25) is 29.5 Å². The number of alkyl carbamates (subject to hydrolysis) is 1. The Morgan fingerprint density at radius 3 is 2.25 bits per heavy atom. The van der Waals surface area contributed by atoms with E-state index in [0.717, 1.165) is 27.1 Å². The molecule has 11 rings (SSSR count). The zero-order valence-electron chi connectivity index (χ0n) is 72.6. The van der Waals surface area contributed by atoms with Gasteiger partial charge in [-0.2, -0.15) is 5.10 Å². The second-order valence-electron chi connectivity index (χ2n) is 34.2. The Labute approximate surface area is 718 Å². The lowest BCUT2D eigenvalue weighted by Gasteiger charge is -2.42. The smallest absolute Gasteiger partial charge is 0.407 e. The number of aromatic nitrogens is 8. The van der Waals surface area contributed by atoms with Crippen LogP contribution in [0.2, 0.25) is 0 Å². The number of rotatable bonds is 24. The van der Waals surface area contributed by atoms with Gasteiger partial charge < -0.3 is 84.7 Å². The lowest BCUT2D eigenvalue weighted by molar-refractivity contribution is -0.265. The van der Waals surface area contributed by atoms with Crippen LogP contribution in [0.4, 0.5) is 16.6 Å². The van der Waals surface area contributed by atoms with Crippen molar-refractivity contribution in [2.24, 2.45) is 35.5 Å². The number of piperazine rings is 2. The average molecular weight is 1710 g/mol. The first kappa shape index (κ1) is 93.9. The highest BCUT2D eigenvalue weighted by atomic mass is 16.6. The molecule has 0 spiro atoms. The summed E-state index contributed by atoms with van der Waals surface area (Å²) in [6.45, 7) is 19.2. The summed E-state index contributed by atoms with van der Waals surface area (Å²) >= 11 is 0. The minimum atomic E-state index is -2.50. The fraction of sp³-hybridized carbons (Fsp3) is 0.629. The number of allylic oxidation sites excluding steroid dienone is 6. The van der Waals surface area contributed by atoms with E-state index in [1.165, 1.54) is 26.4 Å². The topological polar surface area (TPSA) is 434 Å². The van der Waals surface area contributed by atoms with Crippen molar-refractivity contribution in [3.05, 3.63) is 96.4 Å². The highest BCUT2D eigenvalue weighted by molar-refractivity contribution is 6.39. The summed E-state index contributed by atoms with van der Waals surface area (Å²) in [4.78, 5) is 159. The van der Waals surface area contributed by atoms with Crippen molar-refractivity contribution in [2.75, 3.05) is 110 Å². The molecule has 4 saturated heterocycles. The van der Waals surface area contributed by atoms with Gasteiger partial charge in [0.05, 0.1) is 43.3 Å². The number of hydrogen-bond acceptors (Lipinski definition) is 27. The number of piperidine rings is 1. The van der Waals surface area contributed by atoms with Crippen LogP contribution >= 0.6 is 0 Å². The van der Waals surface area contributed by atoms with Gasteiger partial charge in [0.15, 0.2) is 11.4 Å². The number of aryl methyl sites for hydroxylation is 1. The number of ketones is 3. The van der Waals surface area contributed by atoms with Crippen molar-refractivity contribution in [1.29, 1.82) is 0 Å². The SMILES string of the molecule is CO[C@H]1C[C@@H]2CC[C@@H](C)[C@@](O)(O2)C(=O)C(=O)N2CCCC[C@H]2C(=O)O[C@H]([C@H](C)C[C@@H]2CC[C@@H](OC(=O)NCc3cnc(N4CCN(C(=O)CCOCCN5CCN(C(=O)CCC(=O)NCCCCn6nc(-c7cnc8[nH]ccc8c7)c7c(N)ncnc76)CC5)CC4)nc3)[C@H](OC)C2)CC(=O)[C@H](C)/C=C(\C)[C@@H](O)[C@@H](O)C(=O)[C@H](C)C[C@H](C)/C=C/C=C/C=C/1C. The third-order valence-corrected chi connectivity index (χ3v) is 25.2. The summed E-state index contributed by atoms with van der Waals surface area (Å²) in [7, 11) is 3.09. The molecular formula is C89H126N16O18. The molecule has 1 aliphatic carbocycles. The summed E-state index contributed by atoms with van der Waals surface area (Å²) in [5.41, 5.74) is 10.8. The van der Waals surface area contributed by atoms with Crippen LogP contribution in [0, 0.1) is 35.5 Å². The van der Waals surface area contributed by atoms with Crippen LogP contribution in [0.15, 0.2) is 90.8 Å². The normalized spacial score (nSPS) is 28.5. The second kappa shape index (κ2) is 44.7. The predicted octanol–water partition coefficient (Wildman–Crippen LogP) is 7.09. The Hall–Kier alpha value is -9.81. The monoisotopic (exact) mass is 1710 g/mol. The number of nitrogens with two attached hydrogens (primary N) is 1. The van der Waals surface area contributed by atoms with Crippen LogP contribution in [0.5, 0.6) is 0 Å². The van der Waals surface area contributed by atoms with E-state index in [9.17, 15) is 58.5 Å². The largest absolute Gasteiger partial charge is 0.460 e. The van der Waals surface area contributed by atoms with Crippen LogP contribution in [0.1, 0.15) is 163 Å². The van der Waals surface area contributed by atoms with Crippen molar-refractivity contribution in [3.8, 4) is 11.3 Å². The third-order valence-electron chi connectivity index (χ3n) is 25.2. The Kier molecular flexibility index (Phi) is 34.1. The molecule has 5 fully saturated rings. The number of anilines is 2. The number of pyridine rings is 1. The van der Waals surface area contributed by atoms with Crippen molar-refractivity contribution in [3.63, 3.8) is 0 Å². The van der Waals surface area contributed by atoms with Gasteiger partial charge in [-0.15, -0.1) is 0 Å². The number of nitrogens with one attached hydrogen (secondary N) is 3. The Morgan fingerprint density at radius 2 is 1.50 bits per heavy atom. The van der Waals surface area contributed by atoms with Crippen LogP contribution in [-0.2, 0) is 79.9 Å². The van der Waals surface area contributed by atoms with E-state index < -0.39 is 108 Å². The number of ether oxygens (including phenoxy) is 6. The molecule has 5 amide bonds.